The summed E-state index contributed by atoms with van der Waals surface area (Å²) in [4.78, 5) is 14.7. The number of rotatable bonds is 3. The highest BCUT2D eigenvalue weighted by Gasteiger charge is 2.38. The number of carbonyl (C=O) groups excluding carboxylic acids is 1. The molecule has 1 aromatic carbocycles. The third-order valence-corrected chi connectivity index (χ3v) is 5.98. The standard InChI is InChI=1S/C19H27N3O/c20-18-6-2-5-15-10-22(11-17(15)18)12-19(23)21-16-8-7-13-3-1-4-14(13)9-16/h7-9,15,17-18H,1-6,10-12,20H2,(H,21,23). The highest BCUT2D eigenvalue weighted by atomic mass is 16.2. The van der Waals surface area contributed by atoms with E-state index >= 15 is 0 Å². The Labute approximate surface area is 138 Å². The molecular weight excluding hydrogens is 286 g/mol. The number of benzene rings is 1. The lowest BCUT2D eigenvalue weighted by Gasteiger charge is -2.29. The Bertz CT molecular complexity index is 600. The van der Waals surface area contributed by atoms with Gasteiger partial charge in [0.05, 0.1) is 6.54 Å². The van der Waals surface area contributed by atoms with Crippen LogP contribution in [0.2, 0.25) is 0 Å². The Morgan fingerprint density at radius 3 is 2.91 bits per heavy atom. The third-order valence-electron chi connectivity index (χ3n) is 5.98. The number of aryl methyl sites for hydroxylation is 2. The molecule has 0 bridgehead atoms. The van der Waals surface area contributed by atoms with Gasteiger partial charge in [-0.25, -0.2) is 0 Å². The largest absolute Gasteiger partial charge is 0.327 e. The number of nitrogens with two attached hydrogens (primary N) is 1. The van der Waals surface area contributed by atoms with Crippen LogP contribution in [0.5, 0.6) is 0 Å². The van der Waals surface area contributed by atoms with Crippen molar-refractivity contribution in [2.45, 2.75) is 44.6 Å². The van der Waals surface area contributed by atoms with Crippen LogP contribution in [0.3, 0.4) is 0 Å². The van der Waals surface area contributed by atoms with E-state index in [1.807, 2.05) is 6.07 Å². The molecule has 1 saturated heterocycles. The predicted molar refractivity (Wildman–Crippen MR) is 92.3 cm³/mol. The van der Waals surface area contributed by atoms with Crippen LogP contribution in [0, 0.1) is 11.8 Å². The van der Waals surface area contributed by atoms with E-state index < -0.39 is 0 Å². The van der Waals surface area contributed by atoms with Gasteiger partial charge in [-0.15, -0.1) is 0 Å². The van der Waals surface area contributed by atoms with Gasteiger partial charge in [-0.2, -0.15) is 0 Å². The second kappa shape index (κ2) is 6.25. The van der Waals surface area contributed by atoms with Crippen molar-refractivity contribution < 1.29 is 4.79 Å². The summed E-state index contributed by atoms with van der Waals surface area (Å²) in [6, 6.07) is 6.70. The summed E-state index contributed by atoms with van der Waals surface area (Å²) in [6.45, 7) is 2.52. The Kier molecular flexibility index (Phi) is 4.12. The van der Waals surface area contributed by atoms with E-state index in [0.717, 1.165) is 31.6 Å². The van der Waals surface area contributed by atoms with Crippen LogP contribution in [0.15, 0.2) is 18.2 Å². The summed E-state index contributed by atoms with van der Waals surface area (Å²) in [7, 11) is 0. The first kappa shape index (κ1) is 15.2. The van der Waals surface area contributed by atoms with Crippen LogP contribution < -0.4 is 11.1 Å². The van der Waals surface area contributed by atoms with Crippen molar-refractivity contribution in [1.29, 1.82) is 0 Å². The van der Waals surface area contributed by atoms with E-state index in [0.29, 0.717) is 24.4 Å². The van der Waals surface area contributed by atoms with Crippen LogP contribution in [0.4, 0.5) is 5.69 Å². The van der Waals surface area contributed by atoms with Crippen molar-refractivity contribution >= 4 is 11.6 Å². The molecule has 4 heteroatoms. The van der Waals surface area contributed by atoms with Crippen molar-refractivity contribution in [2.75, 3.05) is 25.0 Å². The zero-order chi connectivity index (χ0) is 15.8. The van der Waals surface area contributed by atoms with Gasteiger partial charge in [0.1, 0.15) is 0 Å². The fourth-order valence-corrected chi connectivity index (χ4v) is 4.79. The molecule has 1 heterocycles. The van der Waals surface area contributed by atoms with Gasteiger partial charge in [-0.1, -0.05) is 12.5 Å². The molecule has 3 unspecified atom stereocenters. The minimum absolute atomic E-state index is 0.107. The van der Waals surface area contributed by atoms with Crippen LogP contribution in [-0.2, 0) is 17.6 Å². The van der Waals surface area contributed by atoms with Gasteiger partial charge in [-0.05, 0) is 67.2 Å². The number of likely N-dealkylation sites (tertiary alicyclic amines) is 1. The first-order valence-corrected chi connectivity index (χ1v) is 9.08. The lowest BCUT2D eigenvalue weighted by molar-refractivity contribution is -0.117. The van der Waals surface area contributed by atoms with Crippen LogP contribution in [0.25, 0.3) is 0 Å². The molecule has 0 spiro atoms. The Morgan fingerprint density at radius 2 is 2.04 bits per heavy atom. The van der Waals surface area contributed by atoms with Gasteiger partial charge < -0.3 is 11.1 Å². The summed E-state index contributed by atoms with van der Waals surface area (Å²) in [6.07, 6.45) is 7.24. The van der Waals surface area contributed by atoms with Crippen molar-refractivity contribution in [3.63, 3.8) is 0 Å². The number of hydrogen-bond donors (Lipinski definition) is 2. The zero-order valence-corrected chi connectivity index (χ0v) is 13.8. The van der Waals surface area contributed by atoms with Crippen molar-refractivity contribution in [2.24, 2.45) is 17.6 Å². The highest BCUT2D eigenvalue weighted by Crippen LogP contribution is 2.35. The minimum atomic E-state index is 0.107. The maximum absolute atomic E-state index is 12.4. The van der Waals surface area contributed by atoms with Gasteiger partial charge in [-0.3, -0.25) is 9.69 Å². The monoisotopic (exact) mass is 313 g/mol. The first-order valence-electron chi connectivity index (χ1n) is 9.08. The number of fused-ring (bicyclic) bond motifs is 2. The number of carbonyl (C=O) groups is 1. The van der Waals surface area contributed by atoms with E-state index in [1.165, 1.54) is 36.8 Å². The van der Waals surface area contributed by atoms with E-state index in [2.05, 4.69) is 22.3 Å². The fraction of sp³-hybridized carbons (Fsp3) is 0.632. The van der Waals surface area contributed by atoms with Gasteiger partial charge >= 0.3 is 0 Å². The smallest absolute Gasteiger partial charge is 0.238 e. The molecule has 23 heavy (non-hydrogen) atoms. The third kappa shape index (κ3) is 3.15. The molecule has 1 saturated carbocycles. The summed E-state index contributed by atoms with van der Waals surface area (Å²) in [5, 5.41) is 3.08. The maximum atomic E-state index is 12.4. The SMILES string of the molecule is NC1CCCC2CN(CC(=O)Nc3ccc4c(c3)CCC4)CC12. The van der Waals surface area contributed by atoms with E-state index in [9.17, 15) is 4.79 Å². The van der Waals surface area contributed by atoms with E-state index in [4.69, 9.17) is 5.73 Å². The van der Waals surface area contributed by atoms with E-state index in [1.54, 1.807) is 0 Å². The van der Waals surface area contributed by atoms with Crippen LogP contribution >= 0.6 is 0 Å². The van der Waals surface area contributed by atoms with Gasteiger partial charge in [0.2, 0.25) is 5.91 Å². The van der Waals surface area contributed by atoms with Crippen molar-refractivity contribution in [3.05, 3.63) is 29.3 Å². The average molecular weight is 313 g/mol. The number of anilines is 1. The molecule has 0 aromatic heterocycles. The van der Waals surface area contributed by atoms with Gasteiger partial charge in [0.15, 0.2) is 0 Å². The van der Waals surface area contributed by atoms with Gasteiger partial charge in [0, 0.05) is 24.8 Å². The highest BCUT2D eigenvalue weighted by molar-refractivity contribution is 5.92. The molecule has 1 aromatic rings. The predicted octanol–water partition coefficient (Wildman–Crippen LogP) is 2.17. The number of nitrogens with zero attached hydrogens (tertiary/aromatic N) is 1. The molecule has 1 aliphatic heterocycles. The van der Waals surface area contributed by atoms with Gasteiger partial charge in [0.25, 0.3) is 0 Å². The topological polar surface area (TPSA) is 58.4 Å². The fourth-order valence-electron chi connectivity index (χ4n) is 4.79. The van der Waals surface area contributed by atoms with Crippen molar-refractivity contribution in [1.82, 2.24) is 4.90 Å². The lowest BCUT2D eigenvalue weighted by atomic mass is 9.78. The number of amides is 1. The summed E-state index contributed by atoms with van der Waals surface area (Å²) in [5.41, 5.74) is 10.1. The average Bonchev–Trinajstić information content (AvgIpc) is 3.13. The molecule has 3 N–H and O–H groups in total. The summed E-state index contributed by atoms with van der Waals surface area (Å²) in [5.74, 6) is 1.40. The van der Waals surface area contributed by atoms with Crippen LogP contribution in [-0.4, -0.2) is 36.5 Å². The molecule has 2 fully saturated rings. The molecule has 4 rings (SSSR count). The first-order chi connectivity index (χ1) is 11.2. The summed E-state index contributed by atoms with van der Waals surface area (Å²) < 4.78 is 0. The lowest BCUT2D eigenvalue weighted by Crippen LogP contribution is -2.38. The molecule has 2 aliphatic carbocycles. The minimum Gasteiger partial charge on any atom is -0.327 e. The number of hydrogen-bond acceptors (Lipinski definition) is 3. The molecule has 3 aliphatic rings. The summed E-state index contributed by atoms with van der Waals surface area (Å²) >= 11 is 0. The Balaban J connectivity index is 1.34. The second-order valence-electron chi connectivity index (χ2n) is 7.60. The number of nitrogens with one attached hydrogen (secondary N) is 1. The maximum Gasteiger partial charge on any atom is 0.238 e. The quantitative estimate of drug-likeness (QED) is 0.899. The van der Waals surface area contributed by atoms with E-state index in [-0.39, 0.29) is 5.91 Å². The Morgan fingerprint density at radius 1 is 1.17 bits per heavy atom. The zero-order valence-electron chi connectivity index (χ0n) is 13.8. The second-order valence-corrected chi connectivity index (χ2v) is 7.60. The molecular formula is C19H27N3O. The Hall–Kier alpha value is -1.39. The van der Waals surface area contributed by atoms with Crippen LogP contribution in [0.1, 0.15) is 36.8 Å². The molecule has 0 radical (unpaired) electrons. The van der Waals surface area contributed by atoms with Crippen molar-refractivity contribution in [3.8, 4) is 0 Å². The normalized spacial score (nSPS) is 30.0. The molecule has 4 nitrogen and oxygen atoms in total. The molecule has 3 atom stereocenters. The molecule has 124 valence electrons. The molecule has 1 amide bonds.